The molecule has 1 aromatic carbocycles. The first kappa shape index (κ1) is 11.8. The van der Waals surface area contributed by atoms with Crippen molar-refractivity contribution in [3.8, 4) is 0 Å². The molecule has 2 rings (SSSR count). The van der Waals surface area contributed by atoms with E-state index in [1.165, 1.54) is 0 Å². The van der Waals surface area contributed by atoms with Gasteiger partial charge in [-0.05, 0) is 42.4 Å². The molecule has 0 radical (unpaired) electrons. The van der Waals surface area contributed by atoms with Crippen LogP contribution in [-0.2, 0) is 0 Å². The molecule has 1 aliphatic carbocycles. The van der Waals surface area contributed by atoms with E-state index in [4.69, 9.17) is 17.3 Å². The fourth-order valence-corrected chi connectivity index (χ4v) is 2.27. The van der Waals surface area contributed by atoms with E-state index in [0.29, 0.717) is 11.5 Å². The van der Waals surface area contributed by atoms with Crippen LogP contribution in [0.25, 0.3) is 0 Å². The summed E-state index contributed by atoms with van der Waals surface area (Å²) in [6.45, 7) is 2.03. The van der Waals surface area contributed by atoms with Gasteiger partial charge in [-0.25, -0.2) is 8.78 Å². The number of hydrogen-bond acceptors (Lipinski definition) is 1. The van der Waals surface area contributed by atoms with E-state index in [9.17, 15) is 8.78 Å². The van der Waals surface area contributed by atoms with Gasteiger partial charge in [0.1, 0.15) is 0 Å². The molecule has 1 aliphatic rings. The summed E-state index contributed by atoms with van der Waals surface area (Å²) in [7, 11) is 0. The Labute approximate surface area is 98.6 Å². The molecular formula is C12H14ClF2N. The van der Waals surface area contributed by atoms with Crippen LogP contribution in [0.3, 0.4) is 0 Å². The average molecular weight is 246 g/mol. The zero-order valence-electron chi connectivity index (χ0n) is 9.01. The van der Waals surface area contributed by atoms with Crippen LogP contribution in [0.2, 0.25) is 5.02 Å². The molecule has 0 spiro atoms. The van der Waals surface area contributed by atoms with E-state index >= 15 is 0 Å². The summed E-state index contributed by atoms with van der Waals surface area (Å²) in [6.07, 6.45) is 2.33. The van der Waals surface area contributed by atoms with Gasteiger partial charge in [0.15, 0.2) is 11.6 Å². The third kappa shape index (κ3) is 2.20. The van der Waals surface area contributed by atoms with Crippen LogP contribution in [0.15, 0.2) is 12.1 Å². The SMILES string of the molecule is CC(C1CC1)C(N)c1cc(F)c(F)cc1Cl. The Kier molecular flexibility index (Phi) is 3.17. The highest BCUT2D eigenvalue weighted by Gasteiger charge is 2.33. The molecule has 2 N–H and O–H groups in total. The van der Waals surface area contributed by atoms with E-state index < -0.39 is 11.6 Å². The molecule has 1 aromatic rings. The monoisotopic (exact) mass is 245 g/mol. The number of halogens is 3. The first-order chi connectivity index (χ1) is 7.50. The largest absolute Gasteiger partial charge is 0.324 e. The molecule has 1 nitrogen and oxygen atoms in total. The molecule has 0 aromatic heterocycles. The summed E-state index contributed by atoms with van der Waals surface area (Å²) in [6, 6.07) is 1.78. The Bertz CT molecular complexity index is 404. The van der Waals surface area contributed by atoms with Crippen molar-refractivity contribution in [1.82, 2.24) is 0 Å². The summed E-state index contributed by atoms with van der Waals surface area (Å²) in [4.78, 5) is 0. The van der Waals surface area contributed by atoms with Crippen molar-refractivity contribution >= 4 is 11.6 Å². The first-order valence-electron chi connectivity index (χ1n) is 5.40. The molecule has 0 aliphatic heterocycles. The Morgan fingerprint density at radius 2 is 1.88 bits per heavy atom. The normalized spacial score (nSPS) is 19.6. The predicted octanol–water partition coefficient (Wildman–Crippen LogP) is 3.66. The predicted molar refractivity (Wildman–Crippen MR) is 60.2 cm³/mol. The van der Waals surface area contributed by atoms with Crippen LogP contribution < -0.4 is 5.73 Å². The molecular weight excluding hydrogens is 232 g/mol. The summed E-state index contributed by atoms with van der Waals surface area (Å²) in [5.74, 6) is -0.973. The maximum atomic E-state index is 13.1. The molecule has 2 atom stereocenters. The lowest BCUT2D eigenvalue weighted by Gasteiger charge is -2.21. The van der Waals surface area contributed by atoms with Crippen LogP contribution in [0.5, 0.6) is 0 Å². The van der Waals surface area contributed by atoms with Crippen LogP contribution in [-0.4, -0.2) is 0 Å². The van der Waals surface area contributed by atoms with Gasteiger partial charge in [-0.1, -0.05) is 18.5 Å². The molecule has 1 saturated carbocycles. The van der Waals surface area contributed by atoms with Crippen molar-refractivity contribution in [3.05, 3.63) is 34.4 Å². The van der Waals surface area contributed by atoms with Crippen molar-refractivity contribution in [3.63, 3.8) is 0 Å². The van der Waals surface area contributed by atoms with Crippen LogP contribution in [0.1, 0.15) is 31.4 Å². The van der Waals surface area contributed by atoms with E-state index in [1.54, 1.807) is 0 Å². The lowest BCUT2D eigenvalue weighted by atomic mass is 9.91. The maximum absolute atomic E-state index is 13.1. The van der Waals surface area contributed by atoms with Crippen molar-refractivity contribution < 1.29 is 8.78 Å². The number of hydrogen-bond donors (Lipinski definition) is 1. The molecule has 16 heavy (non-hydrogen) atoms. The smallest absolute Gasteiger partial charge is 0.160 e. The molecule has 0 bridgehead atoms. The summed E-state index contributed by atoms with van der Waals surface area (Å²) in [5, 5.41) is 0.207. The van der Waals surface area contributed by atoms with E-state index in [1.807, 2.05) is 6.92 Å². The van der Waals surface area contributed by atoms with Gasteiger partial charge in [-0.2, -0.15) is 0 Å². The van der Waals surface area contributed by atoms with Gasteiger partial charge in [-0.3, -0.25) is 0 Å². The van der Waals surface area contributed by atoms with Gasteiger partial charge in [-0.15, -0.1) is 0 Å². The molecule has 2 unspecified atom stereocenters. The second kappa shape index (κ2) is 4.30. The van der Waals surface area contributed by atoms with Crippen molar-refractivity contribution in [2.75, 3.05) is 0 Å². The van der Waals surface area contributed by atoms with E-state index in [-0.39, 0.29) is 17.0 Å². The Hall–Kier alpha value is -0.670. The van der Waals surface area contributed by atoms with Crippen molar-refractivity contribution in [2.24, 2.45) is 17.6 Å². The number of rotatable bonds is 3. The standard InChI is InChI=1S/C12H14ClF2N/c1-6(7-2-3-7)12(16)8-4-10(14)11(15)5-9(8)13/h4-7,12H,2-3,16H2,1H3. The first-order valence-corrected chi connectivity index (χ1v) is 5.78. The lowest BCUT2D eigenvalue weighted by molar-refractivity contribution is 0.414. The number of nitrogens with two attached hydrogens (primary N) is 1. The fourth-order valence-electron chi connectivity index (χ4n) is 1.99. The minimum Gasteiger partial charge on any atom is -0.324 e. The third-order valence-electron chi connectivity index (χ3n) is 3.33. The zero-order chi connectivity index (χ0) is 11.9. The molecule has 4 heteroatoms. The van der Waals surface area contributed by atoms with Crippen LogP contribution in [0, 0.1) is 23.5 Å². The van der Waals surface area contributed by atoms with Gasteiger partial charge in [0, 0.05) is 11.1 Å². The Morgan fingerprint density at radius 1 is 1.31 bits per heavy atom. The highest BCUT2D eigenvalue weighted by molar-refractivity contribution is 6.31. The van der Waals surface area contributed by atoms with Gasteiger partial charge >= 0.3 is 0 Å². The summed E-state index contributed by atoms with van der Waals surface area (Å²) < 4.78 is 26.0. The molecule has 1 fully saturated rings. The van der Waals surface area contributed by atoms with Gasteiger partial charge < -0.3 is 5.73 Å². The zero-order valence-corrected chi connectivity index (χ0v) is 9.77. The van der Waals surface area contributed by atoms with E-state index in [0.717, 1.165) is 25.0 Å². The van der Waals surface area contributed by atoms with Gasteiger partial charge in [0.05, 0.1) is 0 Å². The third-order valence-corrected chi connectivity index (χ3v) is 3.66. The van der Waals surface area contributed by atoms with Crippen LogP contribution in [0.4, 0.5) is 8.78 Å². The fraction of sp³-hybridized carbons (Fsp3) is 0.500. The molecule has 0 heterocycles. The topological polar surface area (TPSA) is 26.0 Å². The van der Waals surface area contributed by atoms with Crippen molar-refractivity contribution in [1.29, 1.82) is 0 Å². The van der Waals surface area contributed by atoms with Gasteiger partial charge in [0.2, 0.25) is 0 Å². The van der Waals surface area contributed by atoms with E-state index in [2.05, 4.69) is 0 Å². The molecule has 88 valence electrons. The highest BCUT2D eigenvalue weighted by Crippen LogP contribution is 2.43. The second-order valence-corrected chi connectivity index (χ2v) is 4.92. The second-order valence-electron chi connectivity index (χ2n) is 4.51. The minimum absolute atomic E-state index is 0.207. The maximum Gasteiger partial charge on any atom is 0.160 e. The summed E-state index contributed by atoms with van der Waals surface area (Å²) >= 11 is 5.88. The Balaban J connectivity index is 2.28. The summed E-state index contributed by atoms with van der Waals surface area (Å²) in [5.41, 5.74) is 6.53. The van der Waals surface area contributed by atoms with Crippen LogP contribution >= 0.6 is 11.6 Å². The molecule has 0 amide bonds. The average Bonchev–Trinajstić information content (AvgIpc) is 3.05. The van der Waals surface area contributed by atoms with Gasteiger partial charge in [0.25, 0.3) is 0 Å². The van der Waals surface area contributed by atoms with Crippen molar-refractivity contribution in [2.45, 2.75) is 25.8 Å². The highest BCUT2D eigenvalue weighted by atomic mass is 35.5. The lowest BCUT2D eigenvalue weighted by Crippen LogP contribution is -2.21. The Morgan fingerprint density at radius 3 is 2.44 bits per heavy atom. The molecule has 0 saturated heterocycles. The number of benzene rings is 1. The minimum atomic E-state index is -0.931. The quantitative estimate of drug-likeness (QED) is 0.808.